The molecule has 0 fully saturated rings. The van der Waals surface area contributed by atoms with E-state index in [1.165, 1.54) is 18.6 Å². The van der Waals surface area contributed by atoms with Crippen LogP contribution < -0.4 is 16.0 Å². The Kier molecular flexibility index (Phi) is 10.2. The Hall–Kier alpha value is -3.91. The standard InChI is InChI=1S/C30H35N3O4S/c1-21(34)31-18-6-5-8-22-10-12-23(13-11-22)14-17-28(35)32-26-20-24(27-9-7-19-38-27)15-16-25(26)33-29(36)37-30(2,3)4/h7,9-17,19-20H,5-6,8,18H2,1-4H3,(H,31,34)(H,32,35)(H,33,36)/b17-14+. The highest BCUT2D eigenvalue weighted by molar-refractivity contribution is 7.13. The molecule has 1 heterocycles. The number of rotatable bonds is 10. The third kappa shape index (κ3) is 9.86. The zero-order valence-electron chi connectivity index (χ0n) is 22.3. The van der Waals surface area contributed by atoms with Crippen LogP contribution in [0.3, 0.4) is 0 Å². The fraction of sp³-hybridized carbons (Fsp3) is 0.300. The highest BCUT2D eigenvalue weighted by Crippen LogP contribution is 2.32. The number of benzene rings is 2. The number of amides is 3. The third-order valence-electron chi connectivity index (χ3n) is 5.39. The first-order valence-corrected chi connectivity index (χ1v) is 13.5. The molecule has 1 aromatic heterocycles. The van der Waals surface area contributed by atoms with Gasteiger partial charge in [0.15, 0.2) is 0 Å². The van der Waals surface area contributed by atoms with Crippen LogP contribution in [0.2, 0.25) is 0 Å². The summed E-state index contributed by atoms with van der Waals surface area (Å²) in [5.41, 5.74) is 3.33. The Balaban J connectivity index is 1.64. The first kappa shape index (κ1) is 28.7. The van der Waals surface area contributed by atoms with E-state index in [0.29, 0.717) is 17.9 Å². The van der Waals surface area contributed by atoms with Crippen molar-refractivity contribution in [3.63, 3.8) is 0 Å². The topological polar surface area (TPSA) is 96.5 Å². The Morgan fingerprint density at radius 1 is 0.947 bits per heavy atom. The van der Waals surface area contributed by atoms with Crippen molar-refractivity contribution in [1.29, 1.82) is 0 Å². The number of unbranched alkanes of at least 4 members (excludes halogenated alkanes) is 1. The number of carbonyl (C=O) groups excluding carboxylic acids is 3. The number of carbonyl (C=O) groups is 3. The van der Waals surface area contributed by atoms with Gasteiger partial charge in [0, 0.05) is 24.4 Å². The highest BCUT2D eigenvalue weighted by Gasteiger charge is 2.18. The van der Waals surface area contributed by atoms with Crippen molar-refractivity contribution in [2.75, 3.05) is 17.2 Å². The van der Waals surface area contributed by atoms with Gasteiger partial charge >= 0.3 is 6.09 Å². The van der Waals surface area contributed by atoms with Crippen molar-refractivity contribution in [1.82, 2.24) is 5.32 Å². The molecular formula is C30H35N3O4S. The first-order chi connectivity index (χ1) is 18.1. The molecule has 0 atom stereocenters. The van der Waals surface area contributed by atoms with E-state index in [0.717, 1.165) is 35.3 Å². The SMILES string of the molecule is CC(=O)NCCCCc1ccc(/C=C/C(=O)Nc2cc(-c3cccs3)ccc2NC(=O)OC(C)(C)C)cc1. The van der Waals surface area contributed by atoms with Crippen LogP contribution in [0.1, 0.15) is 51.7 Å². The van der Waals surface area contributed by atoms with Gasteiger partial charge in [0.25, 0.3) is 0 Å². The molecule has 0 unspecified atom stereocenters. The van der Waals surface area contributed by atoms with Crippen LogP contribution in [-0.2, 0) is 20.7 Å². The molecule has 3 rings (SSSR count). The molecule has 0 aliphatic heterocycles. The lowest BCUT2D eigenvalue weighted by molar-refractivity contribution is -0.119. The zero-order chi connectivity index (χ0) is 27.5. The van der Waals surface area contributed by atoms with Crippen LogP contribution in [0, 0.1) is 0 Å². The van der Waals surface area contributed by atoms with E-state index in [2.05, 4.69) is 16.0 Å². The van der Waals surface area contributed by atoms with Crippen LogP contribution in [0.5, 0.6) is 0 Å². The molecule has 3 N–H and O–H groups in total. The van der Waals surface area contributed by atoms with E-state index >= 15 is 0 Å². The van der Waals surface area contributed by atoms with E-state index in [-0.39, 0.29) is 11.8 Å². The van der Waals surface area contributed by atoms with Crippen LogP contribution in [0.15, 0.2) is 66.1 Å². The molecule has 38 heavy (non-hydrogen) atoms. The average molecular weight is 534 g/mol. The molecule has 0 bridgehead atoms. The second-order valence-corrected chi connectivity index (χ2v) is 10.8. The summed E-state index contributed by atoms with van der Waals surface area (Å²) in [6, 6.07) is 17.5. The summed E-state index contributed by atoms with van der Waals surface area (Å²) in [5.74, 6) is -0.321. The summed E-state index contributed by atoms with van der Waals surface area (Å²) in [7, 11) is 0. The summed E-state index contributed by atoms with van der Waals surface area (Å²) in [5, 5.41) is 10.4. The van der Waals surface area contributed by atoms with Crippen LogP contribution >= 0.6 is 11.3 Å². The maximum Gasteiger partial charge on any atom is 0.412 e. The zero-order valence-corrected chi connectivity index (χ0v) is 23.1. The van der Waals surface area contributed by atoms with Gasteiger partial charge in [0.2, 0.25) is 11.8 Å². The van der Waals surface area contributed by atoms with Gasteiger partial charge in [-0.15, -0.1) is 11.3 Å². The predicted octanol–water partition coefficient (Wildman–Crippen LogP) is 6.87. The van der Waals surface area contributed by atoms with Crippen molar-refractivity contribution < 1.29 is 19.1 Å². The van der Waals surface area contributed by atoms with Crippen molar-refractivity contribution in [3.8, 4) is 10.4 Å². The molecule has 0 saturated heterocycles. The lowest BCUT2D eigenvalue weighted by Crippen LogP contribution is -2.27. The van der Waals surface area contributed by atoms with Gasteiger partial charge in [-0.25, -0.2) is 4.79 Å². The van der Waals surface area contributed by atoms with Gasteiger partial charge in [0.05, 0.1) is 11.4 Å². The van der Waals surface area contributed by atoms with Crippen LogP contribution in [0.25, 0.3) is 16.5 Å². The number of aryl methyl sites for hydroxylation is 1. The Morgan fingerprint density at radius 2 is 1.71 bits per heavy atom. The summed E-state index contributed by atoms with van der Waals surface area (Å²) in [6.07, 6.45) is 5.47. The van der Waals surface area contributed by atoms with E-state index in [9.17, 15) is 14.4 Å². The van der Waals surface area contributed by atoms with E-state index in [1.54, 1.807) is 44.3 Å². The number of anilines is 2. The number of hydrogen-bond acceptors (Lipinski definition) is 5. The molecule has 3 aromatic rings. The number of nitrogens with one attached hydrogen (secondary N) is 3. The summed E-state index contributed by atoms with van der Waals surface area (Å²) in [6.45, 7) is 7.59. The predicted molar refractivity (Wildman–Crippen MR) is 155 cm³/mol. The van der Waals surface area contributed by atoms with E-state index in [4.69, 9.17) is 4.74 Å². The molecule has 200 valence electrons. The summed E-state index contributed by atoms with van der Waals surface area (Å²) >= 11 is 1.59. The molecular weight excluding hydrogens is 498 g/mol. The normalized spacial score (nSPS) is 11.3. The maximum atomic E-state index is 12.8. The summed E-state index contributed by atoms with van der Waals surface area (Å²) in [4.78, 5) is 37.1. The lowest BCUT2D eigenvalue weighted by Gasteiger charge is -2.20. The fourth-order valence-corrected chi connectivity index (χ4v) is 4.35. The number of hydrogen-bond donors (Lipinski definition) is 3. The summed E-state index contributed by atoms with van der Waals surface area (Å²) < 4.78 is 5.37. The lowest BCUT2D eigenvalue weighted by atomic mass is 10.1. The van der Waals surface area contributed by atoms with Gasteiger partial charge in [-0.2, -0.15) is 0 Å². The average Bonchev–Trinajstić information content (AvgIpc) is 3.38. The Bertz CT molecular complexity index is 1260. The molecule has 7 nitrogen and oxygen atoms in total. The largest absolute Gasteiger partial charge is 0.444 e. The number of ether oxygens (including phenoxy) is 1. The Labute approximate surface area is 228 Å². The molecule has 0 radical (unpaired) electrons. The molecule has 0 saturated carbocycles. The van der Waals surface area contributed by atoms with Gasteiger partial charge in [-0.1, -0.05) is 36.4 Å². The highest BCUT2D eigenvalue weighted by atomic mass is 32.1. The van der Waals surface area contributed by atoms with Crippen molar-refractivity contribution in [2.45, 2.75) is 52.6 Å². The van der Waals surface area contributed by atoms with Gasteiger partial charge < -0.3 is 15.4 Å². The molecule has 2 aromatic carbocycles. The monoisotopic (exact) mass is 533 g/mol. The van der Waals surface area contributed by atoms with Crippen LogP contribution in [-0.4, -0.2) is 30.1 Å². The van der Waals surface area contributed by atoms with Crippen LogP contribution in [0.4, 0.5) is 16.2 Å². The van der Waals surface area contributed by atoms with E-state index < -0.39 is 11.7 Å². The first-order valence-electron chi connectivity index (χ1n) is 12.6. The minimum Gasteiger partial charge on any atom is -0.444 e. The van der Waals surface area contributed by atoms with Gasteiger partial charge in [-0.05, 0) is 86.4 Å². The van der Waals surface area contributed by atoms with Gasteiger partial charge in [0.1, 0.15) is 5.60 Å². The quantitative estimate of drug-likeness (QED) is 0.196. The minimum atomic E-state index is -0.643. The smallest absolute Gasteiger partial charge is 0.412 e. The molecule has 0 aliphatic rings. The van der Waals surface area contributed by atoms with Crippen molar-refractivity contribution in [2.24, 2.45) is 0 Å². The molecule has 0 aliphatic carbocycles. The fourth-order valence-electron chi connectivity index (χ4n) is 3.63. The second kappa shape index (κ2) is 13.6. The van der Waals surface area contributed by atoms with Gasteiger partial charge in [-0.3, -0.25) is 14.9 Å². The molecule has 0 spiro atoms. The maximum absolute atomic E-state index is 12.8. The number of thiophene rings is 1. The molecule has 8 heteroatoms. The third-order valence-corrected chi connectivity index (χ3v) is 6.31. The molecule has 3 amide bonds. The second-order valence-electron chi connectivity index (χ2n) is 9.87. The van der Waals surface area contributed by atoms with Crippen molar-refractivity contribution in [3.05, 3.63) is 77.2 Å². The van der Waals surface area contributed by atoms with E-state index in [1.807, 2.05) is 53.9 Å². The van der Waals surface area contributed by atoms with Crippen molar-refractivity contribution >= 4 is 46.7 Å². The minimum absolute atomic E-state index is 0.00378. The Morgan fingerprint density at radius 3 is 2.37 bits per heavy atom.